The van der Waals surface area contributed by atoms with Crippen LogP contribution in [0.25, 0.3) is 0 Å². The topological polar surface area (TPSA) is 15.3 Å². The van der Waals surface area contributed by atoms with Crippen LogP contribution in [0.3, 0.4) is 0 Å². The van der Waals surface area contributed by atoms with Gasteiger partial charge >= 0.3 is 0 Å². The highest BCUT2D eigenvalue weighted by molar-refractivity contribution is 5.22. The van der Waals surface area contributed by atoms with Crippen LogP contribution in [0.4, 0.5) is 4.39 Å². The van der Waals surface area contributed by atoms with E-state index >= 15 is 0 Å². The number of halogens is 1. The summed E-state index contributed by atoms with van der Waals surface area (Å²) in [5.41, 5.74) is 1.27. The summed E-state index contributed by atoms with van der Waals surface area (Å²) in [6.07, 6.45) is 1.19. The Morgan fingerprint density at radius 1 is 1.19 bits per heavy atom. The first-order valence-electron chi connectivity index (χ1n) is 8.03. The Labute approximate surface area is 128 Å². The van der Waals surface area contributed by atoms with E-state index in [-0.39, 0.29) is 17.3 Å². The second-order valence-corrected chi connectivity index (χ2v) is 7.59. The monoisotopic (exact) mass is 292 g/mol. The molecule has 1 saturated heterocycles. The fourth-order valence-electron chi connectivity index (χ4n) is 3.13. The van der Waals surface area contributed by atoms with Gasteiger partial charge in [0.2, 0.25) is 0 Å². The van der Waals surface area contributed by atoms with Crippen molar-refractivity contribution in [2.45, 2.75) is 59.2 Å². The molecule has 0 spiro atoms. The van der Waals surface area contributed by atoms with Crippen LogP contribution in [0.2, 0.25) is 0 Å². The molecule has 0 saturated carbocycles. The molecule has 118 valence electrons. The zero-order chi connectivity index (χ0) is 15.6. The number of hydrogen-bond donors (Lipinski definition) is 1. The van der Waals surface area contributed by atoms with Crippen molar-refractivity contribution >= 4 is 0 Å². The van der Waals surface area contributed by atoms with Gasteiger partial charge in [-0.25, -0.2) is 4.39 Å². The van der Waals surface area contributed by atoms with Gasteiger partial charge in [0.15, 0.2) is 0 Å². The molecule has 3 heteroatoms. The van der Waals surface area contributed by atoms with Gasteiger partial charge in [-0.2, -0.15) is 0 Å². The molecule has 0 aromatic heterocycles. The van der Waals surface area contributed by atoms with E-state index in [2.05, 4.69) is 44.8 Å². The fraction of sp³-hybridized carbons (Fsp3) is 0.667. The lowest BCUT2D eigenvalue weighted by Crippen LogP contribution is -2.41. The second-order valence-electron chi connectivity index (χ2n) is 7.59. The Kier molecular flexibility index (Phi) is 5.05. The largest absolute Gasteiger partial charge is 0.305 e. The van der Waals surface area contributed by atoms with Crippen LogP contribution in [0.5, 0.6) is 0 Å². The van der Waals surface area contributed by atoms with Crippen molar-refractivity contribution in [2.75, 3.05) is 13.1 Å². The van der Waals surface area contributed by atoms with Gasteiger partial charge in [-0.05, 0) is 49.9 Å². The molecule has 1 heterocycles. The van der Waals surface area contributed by atoms with E-state index in [1.807, 2.05) is 12.1 Å². The second kappa shape index (κ2) is 6.45. The number of rotatable bonds is 4. The Morgan fingerprint density at radius 3 is 2.29 bits per heavy atom. The third kappa shape index (κ3) is 4.27. The van der Waals surface area contributed by atoms with Crippen molar-refractivity contribution < 1.29 is 4.39 Å². The van der Waals surface area contributed by atoms with E-state index in [9.17, 15) is 4.39 Å². The average Bonchev–Trinajstić information content (AvgIpc) is 2.85. The zero-order valence-electron chi connectivity index (χ0n) is 14.0. The molecule has 2 rings (SSSR count). The maximum atomic E-state index is 13.2. The van der Waals surface area contributed by atoms with Crippen molar-refractivity contribution in [3.63, 3.8) is 0 Å². The Balaban J connectivity index is 2.10. The number of likely N-dealkylation sites (tertiary alicyclic amines) is 1. The van der Waals surface area contributed by atoms with Gasteiger partial charge in [0, 0.05) is 24.7 Å². The highest BCUT2D eigenvalue weighted by atomic mass is 19.1. The van der Waals surface area contributed by atoms with Gasteiger partial charge < -0.3 is 5.32 Å². The van der Waals surface area contributed by atoms with Gasteiger partial charge in [-0.15, -0.1) is 0 Å². The zero-order valence-corrected chi connectivity index (χ0v) is 14.0. The molecule has 1 fully saturated rings. The maximum absolute atomic E-state index is 13.2. The number of benzene rings is 1. The number of nitrogens with one attached hydrogen (secondary N) is 1. The van der Waals surface area contributed by atoms with E-state index in [4.69, 9.17) is 0 Å². The van der Waals surface area contributed by atoms with Crippen LogP contribution in [-0.4, -0.2) is 30.1 Å². The molecule has 21 heavy (non-hydrogen) atoms. The number of nitrogens with zero attached hydrogens (tertiary/aromatic N) is 1. The molecular weight excluding hydrogens is 263 g/mol. The van der Waals surface area contributed by atoms with Crippen LogP contribution in [0.1, 0.15) is 52.6 Å². The van der Waals surface area contributed by atoms with E-state index in [1.54, 1.807) is 12.1 Å². The standard InChI is InChI=1S/C18H29FN2/c1-13(2)21-11-10-16(12-21)20-17(18(3,4)5)14-6-8-15(19)9-7-14/h6-9,13,16-17,20H,10-12H2,1-5H3. The minimum atomic E-state index is -0.168. The minimum Gasteiger partial charge on any atom is -0.305 e. The molecule has 1 aliphatic heterocycles. The first-order valence-corrected chi connectivity index (χ1v) is 8.03. The fourth-order valence-corrected chi connectivity index (χ4v) is 3.13. The molecule has 0 bridgehead atoms. The summed E-state index contributed by atoms with van der Waals surface area (Å²) in [6, 6.07) is 8.31. The Hall–Kier alpha value is -0.930. The maximum Gasteiger partial charge on any atom is 0.123 e. The predicted octanol–water partition coefficient (Wildman–Crippen LogP) is 3.99. The minimum absolute atomic E-state index is 0.100. The summed E-state index contributed by atoms with van der Waals surface area (Å²) >= 11 is 0. The van der Waals surface area contributed by atoms with Crippen LogP contribution >= 0.6 is 0 Å². The van der Waals surface area contributed by atoms with Gasteiger partial charge in [-0.3, -0.25) is 4.90 Å². The third-order valence-corrected chi connectivity index (χ3v) is 4.42. The summed E-state index contributed by atoms with van der Waals surface area (Å²) < 4.78 is 13.2. The van der Waals surface area contributed by atoms with Crippen molar-refractivity contribution in [1.29, 1.82) is 0 Å². The first-order chi connectivity index (χ1) is 9.77. The lowest BCUT2D eigenvalue weighted by Gasteiger charge is -2.34. The Morgan fingerprint density at radius 2 is 1.81 bits per heavy atom. The highest BCUT2D eigenvalue weighted by Crippen LogP contribution is 2.34. The molecule has 0 aliphatic carbocycles. The smallest absolute Gasteiger partial charge is 0.123 e. The lowest BCUT2D eigenvalue weighted by atomic mass is 9.82. The molecule has 1 aliphatic rings. The summed E-state index contributed by atoms with van der Waals surface area (Å²) in [5, 5.41) is 3.81. The normalized spacial score (nSPS) is 22.0. The molecule has 1 aromatic rings. The molecule has 1 N–H and O–H groups in total. The van der Waals surface area contributed by atoms with E-state index in [0.717, 1.165) is 13.1 Å². The van der Waals surface area contributed by atoms with Crippen LogP contribution in [-0.2, 0) is 0 Å². The van der Waals surface area contributed by atoms with Gasteiger partial charge in [0.25, 0.3) is 0 Å². The van der Waals surface area contributed by atoms with E-state index in [1.165, 1.54) is 12.0 Å². The van der Waals surface area contributed by atoms with Crippen molar-refractivity contribution in [2.24, 2.45) is 5.41 Å². The van der Waals surface area contributed by atoms with Crippen molar-refractivity contribution in [1.82, 2.24) is 10.2 Å². The first kappa shape index (κ1) is 16.4. The van der Waals surface area contributed by atoms with Crippen molar-refractivity contribution in [3.8, 4) is 0 Å². The van der Waals surface area contributed by atoms with Gasteiger partial charge in [-0.1, -0.05) is 32.9 Å². The molecular formula is C18H29FN2. The van der Waals surface area contributed by atoms with Crippen LogP contribution < -0.4 is 5.32 Å². The van der Waals surface area contributed by atoms with Crippen molar-refractivity contribution in [3.05, 3.63) is 35.6 Å². The van der Waals surface area contributed by atoms with Crippen LogP contribution in [0, 0.1) is 11.2 Å². The summed E-state index contributed by atoms with van der Waals surface area (Å²) in [7, 11) is 0. The summed E-state index contributed by atoms with van der Waals surface area (Å²) in [5.74, 6) is -0.168. The van der Waals surface area contributed by atoms with Crippen LogP contribution in [0.15, 0.2) is 24.3 Å². The SMILES string of the molecule is CC(C)N1CCC(NC(c2ccc(F)cc2)C(C)(C)C)C1. The molecule has 2 atom stereocenters. The third-order valence-electron chi connectivity index (χ3n) is 4.42. The highest BCUT2D eigenvalue weighted by Gasteiger charge is 2.31. The number of hydrogen-bond acceptors (Lipinski definition) is 2. The lowest BCUT2D eigenvalue weighted by molar-refractivity contribution is 0.231. The van der Waals surface area contributed by atoms with E-state index in [0.29, 0.717) is 12.1 Å². The molecule has 2 unspecified atom stereocenters. The van der Waals surface area contributed by atoms with Gasteiger partial charge in [0.1, 0.15) is 5.82 Å². The molecule has 1 aromatic carbocycles. The molecule has 0 amide bonds. The quantitative estimate of drug-likeness (QED) is 0.903. The molecule has 2 nitrogen and oxygen atoms in total. The van der Waals surface area contributed by atoms with E-state index < -0.39 is 0 Å². The predicted molar refractivity (Wildman–Crippen MR) is 86.8 cm³/mol. The average molecular weight is 292 g/mol. The Bertz CT molecular complexity index is 447. The molecule has 0 radical (unpaired) electrons. The summed E-state index contributed by atoms with van der Waals surface area (Å²) in [4.78, 5) is 2.52. The van der Waals surface area contributed by atoms with Gasteiger partial charge in [0.05, 0.1) is 0 Å². The summed E-state index contributed by atoms with van der Waals surface area (Å²) in [6.45, 7) is 13.5.